The van der Waals surface area contributed by atoms with Crippen molar-refractivity contribution in [2.45, 2.75) is 58.5 Å². The summed E-state index contributed by atoms with van der Waals surface area (Å²) in [5.74, 6) is 0.608. The maximum absolute atomic E-state index is 12.6. The van der Waals surface area contributed by atoms with Gasteiger partial charge in [-0.2, -0.15) is 0 Å². The molecule has 2 aliphatic rings. The molecule has 6 heteroatoms. The van der Waals surface area contributed by atoms with Crippen LogP contribution in [0.1, 0.15) is 46.5 Å². The zero-order valence-electron chi connectivity index (χ0n) is 17.1. The topological polar surface area (TPSA) is 55.9 Å². The first-order chi connectivity index (χ1) is 12.4. The van der Waals surface area contributed by atoms with Gasteiger partial charge in [-0.3, -0.25) is 9.69 Å². The van der Waals surface area contributed by atoms with Gasteiger partial charge in [-0.25, -0.2) is 4.79 Å². The standard InChI is InChI=1S/C20H36N4O2/c1-6-9-24-14-17(21-20(26)23(7-2)8-3)10-15-12-19(25)16(11-18(15)24)13-22(4)5/h13,15,17-18H,6-12,14H2,1-5H3,(H,21,26)/b16-13+. The average molecular weight is 365 g/mol. The summed E-state index contributed by atoms with van der Waals surface area (Å²) in [6.45, 7) is 9.53. The van der Waals surface area contributed by atoms with Gasteiger partial charge in [-0.15, -0.1) is 0 Å². The molecule has 2 rings (SSSR count). The Bertz CT molecular complexity index is 528. The second-order valence-electron chi connectivity index (χ2n) is 7.83. The van der Waals surface area contributed by atoms with Crippen LogP contribution in [0.2, 0.25) is 0 Å². The number of piperidine rings is 1. The fourth-order valence-electron chi connectivity index (χ4n) is 4.40. The number of nitrogens with one attached hydrogen (secondary N) is 1. The molecule has 1 aliphatic heterocycles. The summed E-state index contributed by atoms with van der Waals surface area (Å²) >= 11 is 0. The number of fused-ring (bicyclic) bond motifs is 1. The molecule has 0 spiro atoms. The van der Waals surface area contributed by atoms with Crippen LogP contribution in [0.4, 0.5) is 4.79 Å². The van der Waals surface area contributed by atoms with Crippen LogP contribution in [0.5, 0.6) is 0 Å². The van der Waals surface area contributed by atoms with Gasteiger partial charge in [0.2, 0.25) is 0 Å². The van der Waals surface area contributed by atoms with Crippen molar-refractivity contribution in [3.8, 4) is 0 Å². The summed E-state index contributed by atoms with van der Waals surface area (Å²) in [5.41, 5.74) is 0.947. The lowest BCUT2D eigenvalue weighted by atomic mass is 9.74. The fourth-order valence-corrected chi connectivity index (χ4v) is 4.40. The van der Waals surface area contributed by atoms with Crippen molar-refractivity contribution in [2.75, 3.05) is 40.3 Å². The van der Waals surface area contributed by atoms with Gasteiger partial charge in [0.25, 0.3) is 0 Å². The lowest BCUT2D eigenvalue weighted by Crippen LogP contribution is -2.59. The Hall–Kier alpha value is -1.56. The van der Waals surface area contributed by atoms with E-state index in [0.29, 0.717) is 18.4 Å². The van der Waals surface area contributed by atoms with Crippen LogP contribution in [0.15, 0.2) is 11.8 Å². The molecule has 3 atom stereocenters. The van der Waals surface area contributed by atoms with Crippen molar-refractivity contribution in [3.05, 3.63) is 11.8 Å². The fraction of sp³-hybridized carbons (Fsp3) is 0.800. The zero-order chi connectivity index (χ0) is 19.3. The lowest BCUT2D eigenvalue weighted by Gasteiger charge is -2.47. The first-order valence-corrected chi connectivity index (χ1v) is 10.1. The number of hydrogen-bond donors (Lipinski definition) is 1. The van der Waals surface area contributed by atoms with Gasteiger partial charge in [0.1, 0.15) is 0 Å². The van der Waals surface area contributed by atoms with E-state index < -0.39 is 0 Å². The van der Waals surface area contributed by atoms with Crippen LogP contribution >= 0.6 is 0 Å². The number of ketones is 1. The summed E-state index contributed by atoms with van der Waals surface area (Å²) < 4.78 is 0. The number of Topliss-reactive ketones (excluding diaryl/α,β-unsaturated/α-hetero) is 1. The predicted octanol–water partition coefficient (Wildman–Crippen LogP) is 2.32. The minimum atomic E-state index is 0.0187. The Morgan fingerprint density at radius 2 is 1.92 bits per heavy atom. The number of rotatable bonds is 6. The van der Waals surface area contributed by atoms with Crippen LogP contribution in [-0.2, 0) is 4.79 Å². The lowest BCUT2D eigenvalue weighted by molar-refractivity contribution is -0.119. The zero-order valence-corrected chi connectivity index (χ0v) is 17.1. The third-order valence-electron chi connectivity index (χ3n) is 5.59. The van der Waals surface area contributed by atoms with E-state index in [4.69, 9.17) is 0 Å². The number of nitrogens with zero attached hydrogens (tertiary/aromatic N) is 3. The molecule has 148 valence electrons. The molecular formula is C20H36N4O2. The highest BCUT2D eigenvalue weighted by Crippen LogP contribution is 2.36. The van der Waals surface area contributed by atoms with Gasteiger partial charge < -0.3 is 15.1 Å². The number of likely N-dealkylation sites (tertiary alicyclic amines) is 1. The Kier molecular flexibility index (Phi) is 7.50. The molecule has 0 aromatic heterocycles. The second-order valence-corrected chi connectivity index (χ2v) is 7.83. The summed E-state index contributed by atoms with van der Waals surface area (Å²) in [6, 6.07) is 0.564. The average Bonchev–Trinajstić information content (AvgIpc) is 2.57. The quantitative estimate of drug-likeness (QED) is 0.735. The van der Waals surface area contributed by atoms with E-state index in [2.05, 4.69) is 17.1 Å². The van der Waals surface area contributed by atoms with Crippen LogP contribution in [0, 0.1) is 5.92 Å². The Labute approximate surface area is 158 Å². The summed E-state index contributed by atoms with van der Waals surface area (Å²) in [5, 5.41) is 3.21. The maximum atomic E-state index is 12.6. The largest absolute Gasteiger partial charge is 0.383 e. The third-order valence-corrected chi connectivity index (χ3v) is 5.59. The maximum Gasteiger partial charge on any atom is 0.317 e. The Morgan fingerprint density at radius 3 is 2.50 bits per heavy atom. The number of hydrogen-bond acceptors (Lipinski definition) is 4. The molecule has 1 N–H and O–H groups in total. The molecule has 1 aliphatic carbocycles. The highest BCUT2D eigenvalue weighted by atomic mass is 16.2. The van der Waals surface area contributed by atoms with E-state index in [-0.39, 0.29) is 17.9 Å². The van der Waals surface area contributed by atoms with Crippen LogP contribution < -0.4 is 5.32 Å². The van der Waals surface area contributed by atoms with Crippen molar-refractivity contribution in [2.24, 2.45) is 5.92 Å². The first-order valence-electron chi connectivity index (χ1n) is 10.1. The molecule has 2 fully saturated rings. The Balaban J connectivity index is 2.10. The Morgan fingerprint density at radius 1 is 1.23 bits per heavy atom. The van der Waals surface area contributed by atoms with Gasteiger partial charge >= 0.3 is 6.03 Å². The van der Waals surface area contributed by atoms with Gasteiger partial charge in [0, 0.05) is 64.0 Å². The highest BCUT2D eigenvalue weighted by molar-refractivity contribution is 5.96. The SMILES string of the molecule is CCCN1CC(NC(=O)N(CC)CC)CC2CC(=O)/C(=C/N(C)C)CC21. The van der Waals surface area contributed by atoms with E-state index in [1.807, 2.05) is 43.9 Å². The molecule has 1 heterocycles. The molecule has 0 bridgehead atoms. The second kappa shape index (κ2) is 9.40. The first kappa shape index (κ1) is 20.7. The van der Waals surface area contributed by atoms with Crippen molar-refractivity contribution in [1.29, 1.82) is 0 Å². The number of urea groups is 1. The molecule has 1 saturated heterocycles. The molecule has 3 unspecified atom stereocenters. The monoisotopic (exact) mass is 364 g/mol. The smallest absolute Gasteiger partial charge is 0.317 e. The number of amides is 2. The van der Waals surface area contributed by atoms with Crippen molar-refractivity contribution >= 4 is 11.8 Å². The molecule has 2 amide bonds. The minimum absolute atomic E-state index is 0.0187. The van der Waals surface area contributed by atoms with E-state index in [1.165, 1.54) is 0 Å². The minimum Gasteiger partial charge on any atom is -0.383 e. The van der Waals surface area contributed by atoms with Gasteiger partial charge in [-0.05, 0) is 45.6 Å². The number of carbonyl (C=O) groups is 2. The van der Waals surface area contributed by atoms with Gasteiger partial charge in [0.15, 0.2) is 5.78 Å². The molecule has 1 saturated carbocycles. The highest BCUT2D eigenvalue weighted by Gasteiger charge is 2.41. The summed E-state index contributed by atoms with van der Waals surface area (Å²) in [7, 11) is 3.94. The van der Waals surface area contributed by atoms with Crippen LogP contribution in [-0.4, -0.2) is 78.9 Å². The van der Waals surface area contributed by atoms with E-state index in [9.17, 15) is 9.59 Å². The normalized spacial score (nSPS) is 28.0. The van der Waals surface area contributed by atoms with Crippen LogP contribution in [0.3, 0.4) is 0 Å². The summed E-state index contributed by atoms with van der Waals surface area (Å²) in [6.07, 6.45) is 5.40. The predicted molar refractivity (Wildman–Crippen MR) is 105 cm³/mol. The van der Waals surface area contributed by atoms with Crippen molar-refractivity contribution in [3.63, 3.8) is 0 Å². The van der Waals surface area contributed by atoms with Crippen molar-refractivity contribution in [1.82, 2.24) is 20.0 Å². The molecule has 0 aromatic carbocycles. The molecule has 26 heavy (non-hydrogen) atoms. The molecule has 6 nitrogen and oxygen atoms in total. The van der Waals surface area contributed by atoms with Gasteiger partial charge in [-0.1, -0.05) is 6.92 Å². The molecular weight excluding hydrogens is 328 g/mol. The van der Waals surface area contributed by atoms with E-state index >= 15 is 0 Å². The molecule has 0 aromatic rings. The van der Waals surface area contributed by atoms with E-state index in [0.717, 1.165) is 51.0 Å². The summed E-state index contributed by atoms with van der Waals surface area (Å²) in [4.78, 5) is 31.3. The number of carbonyl (C=O) groups excluding carboxylic acids is 2. The van der Waals surface area contributed by atoms with Gasteiger partial charge in [0.05, 0.1) is 0 Å². The van der Waals surface area contributed by atoms with E-state index in [1.54, 1.807) is 0 Å². The van der Waals surface area contributed by atoms with Crippen molar-refractivity contribution < 1.29 is 9.59 Å². The van der Waals surface area contributed by atoms with Crippen LogP contribution in [0.25, 0.3) is 0 Å². The third kappa shape index (κ3) is 5.00. The molecule has 0 radical (unpaired) electrons.